The van der Waals surface area contributed by atoms with Gasteiger partial charge in [0, 0.05) is 12.0 Å². The molecular formula is C19H20N4O2. The van der Waals surface area contributed by atoms with Crippen LogP contribution in [0, 0.1) is 0 Å². The number of rotatable bonds is 7. The third kappa shape index (κ3) is 3.97. The van der Waals surface area contributed by atoms with Crippen molar-refractivity contribution in [2.24, 2.45) is 0 Å². The second-order valence-electron chi connectivity index (χ2n) is 6.22. The number of hydrogen-bond donors (Lipinski definition) is 2. The highest BCUT2D eigenvalue weighted by Crippen LogP contribution is 2.41. The number of hydrogen-bond acceptors (Lipinski definition) is 6. The van der Waals surface area contributed by atoms with E-state index < -0.39 is 0 Å². The molecular weight excluding hydrogens is 316 g/mol. The van der Waals surface area contributed by atoms with Crippen LogP contribution >= 0.6 is 0 Å². The maximum atomic E-state index is 5.83. The first-order valence-electron chi connectivity index (χ1n) is 8.36. The fraction of sp³-hybridized carbons (Fsp3) is 0.263. The first-order chi connectivity index (χ1) is 12.3. The summed E-state index contributed by atoms with van der Waals surface area (Å²) in [4.78, 5) is 3.99. The van der Waals surface area contributed by atoms with Crippen LogP contribution in [0.15, 0.2) is 59.1 Å². The van der Waals surface area contributed by atoms with Crippen molar-refractivity contribution in [3.63, 3.8) is 0 Å². The predicted molar refractivity (Wildman–Crippen MR) is 93.9 cm³/mol. The van der Waals surface area contributed by atoms with Crippen molar-refractivity contribution in [2.75, 3.05) is 5.73 Å². The van der Waals surface area contributed by atoms with E-state index in [0.29, 0.717) is 30.9 Å². The van der Waals surface area contributed by atoms with Crippen LogP contribution in [0.3, 0.4) is 0 Å². The van der Waals surface area contributed by atoms with Crippen LogP contribution < -0.4 is 15.8 Å². The molecule has 0 spiro atoms. The van der Waals surface area contributed by atoms with Gasteiger partial charge in [0.2, 0.25) is 0 Å². The van der Waals surface area contributed by atoms with Gasteiger partial charge in [-0.05, 0) is 29.7 Å². The maximum Gasteiger partial charge on any atom is 0.318 e. The maximum absolute atomic E-state index is 5.83. The molecule has 1 saturated carbocycles. The average molecular weight is 336 g/mol. The van der Waals surface area contributed by atoms with Crippen molar-refractivity contribution in [3.8, 4) is 5.75 Å². The third-order valence-corrected chi connectivity index (χ3v) is 4.35. The van der Waals surface area contributed by atoms with Crippen LogP contribution in [0.5, 0.6) is 5.75 Å². The molecule has 1 aliphatic rings. The summed E-state index contributed by atoms with van der Waals surface area (Å²) in [6.45, 7) is 1.15. The Kier molecular flexibility index (Phi) is 4.35. The first-order valence-corrected chi connectivity index (χ1v) is 8.36. The zero-order valence-electron chi connectivity index (χ0n) is 13.8. The Hall–Kier alpha value is -2.86. The van der Waals surface area contributed by atoms with E-state index in [4.69, 9.17) is 15.0 Å². The Morgan fingerprint density at radius 2 is 1.92 bits per heavy atom. The fourth-order valence-electron chi connectivity index (χ4n) is 2.90. The summed E-state index contributed by atoms with van der Waals surface area (Å²) in [5.41, 5.74) is 7.90. The Labute approximate surface area is 146 Å². The van der Waals surface area contributed by atoms with Gasteiger partial charge < -0.3 is 20.3 Å². The fourth-order valence-corrected chi connectivity index (χ4v) is 2.90. The topological polar surface area (TPSA) is 86.2 Å². The highest BCUT2D eigenvalue weighted by Gasteiger charge is 2.37. The Bertz CT molecular complexity index is 817. The highest BCUT2D eigenvalue weighted by atomic mass is 16.5. The minimum Gasteiger partial charge on any atom is -0.489 e. The summed E-state index contributed by atoms with van der Waals surface area (Å²) in [5, 5.41) is 7.20. The SMILES string of the molecule is Nc1nc(CN[C@H]2C[C@@H]2c2ccc(OCc3ccccc3)cc2)no1. The summed E-state index contributed by atoms with van der Waals surface area (Å²) in [6.07, 6.45) is 1.11. The summed E-state index contributed by atoms with van der Waals surface area (Å²) in [6, 6.07) is 19.1. The summed E-state index contributed by atoms with van der Waals surface area (Å²) in [7, 11) is 0. The summed E-state index contributed by atoms with van der Waals surface area (Å²) >= 11 is 0. The van der Waals surface area contributed by atoms with Gasteiger partial charge in [-0.2, -0.15) is 4.98 Å². The lowest BCUT2D eigenvalue weighted by Gasteiger charge is -2.07. The van der Waals surface area contributed by atoms with Crippen LogP contribution in [0.25, 0.3) is 0 Å². The molecule has 1 aromatic heterocycles. The molecule has 2 atom stereocenters. The van der Waals surface area contributed by atoms with Gasteiger partial charge in [0.1, 0.15) is 12.4 Å². The molecule has 25 heavy (non-hydrogen) atoms. The van der Waals surface area contributed by atoms with E-state index in [2.05, 4.69) is 39.7 Å². The second kappa shape index (κ2) is 6.94. The van der Waals surface area contributed by atoms with Crippen LogP contribution in [-0.2, 0) is 13.2 Å². The molecule has 0 radical (unpaired) electrons. The van der Waals surface area contributed by atoms with E-state index in [1.807, 2.05) is 30.3 Å². The largest absolute Gasteiger partial charge is 0.489 e. The van der Waals surface area contributed by atoms with Gasteiger partial charge in [0.05, 0.1) is 6.54 Å². The number of nitrogen functional groups attached to an aromatic ring is 1. The smallest absolute Gasteiger partial charge is 0.318 e. The molecule has 0 bridgehead atoms. The highest BCUT2D eigenvalue weighted by molar-refractivity contribution is 5.34. The Balaban J connectivity index is 1.26. The second-order valence-corrected chi connectivity index (χ2v) is 6.22. The molecule has 1 fully saturated rings. The van der Waals surface area contributed by atoms with Gasteiger partial charge in [0.25, 0.3) is 0 Å². The quantitative estimate of drug-likeness (QED) is 0.690. The first kappa shape index (κ1) is 15.7. The molecule has 6 nitrogen and oxygen atoms in total. The minimum absolute atomic E-state index is 0.107. The summed E-state index contributed by atoms with van der Waals surface area (Å²) in [5.74, 6) is 2.00. The van der Waals surface area contributed by atoms with Crippen molar-refractivity contribution in [1.29, 1.82) is 0 Å². The zero-order chi connectivity index (χ0) is 17.1. The number of ether oxygens (including phenoxy) is 1. The molecule has 1 heterocycles. The summed E-state index contributed by atoms with van der Waals surface area (Å²) < 4.78 is 10.6. The Morgan fingerprint density at radius 1 is 1.12 bits per heavy atom. The molecule has 4 rings (SSSR count). The normalized spacial score (nSPS) is 18.9. The average Bonchev–Trinajstić information content (AvgIpc) is 3.32. The molecule has 6 heteroatoms. The minimum atomic E-state index is 0.107. The van der Waals surface area contributed by atoms with Gasteiger partial charge in [-0.1, -0.05) is 47.6 Å². The van der Waals surface area contributed by atoms with E-state index in [9.17, 15) is 0 Å². The van der Waals surface area contributed by atoms with E-state index in [-0.39, 0.29) is 6.01 Å². The van der Waals surface area contributed by atoms with Gasteiger partial charge in [0.15, 0.2) is 5.82 Å². The van der Waals surface area contributed by atoms with E-state index in [1.54, 1.807) is 0 Å². The lowest BCUT2D eigenvalue weighted by molar-refractivity contribution is 0.306. The third-order valence-electron chi connectivity index (χ3n) is 4.35. The number of nitrogens with zero attached hydrogens (tertiary/aromatic N) is 2. The van der Waals surface area contributed by atoms with E-state index >= 15 is 0 Å². The van der Waals surface area contributed by atoms with Gasteiger partial charge in [-0.3, -0.25) is 0 Å². The number of nitrogens with two attached hydrogens (primary N) is 1. The molecule has 0 amide bonds. The van der Waals surface area contributed by atoms with Gasteiger partial charge in [-0.25, -0.2) is 0 Å². The molecule has 0 saturated heterocycles. The van der Waals surface area contributed by atoms with Crippen molar-refractivity contribution >= 4 is 6.01 Å². The molecule has 128 valence electrons. The van der Waals surface area contributed by atoms with Gasteiger partial charge >= 0.3 is 6.01 Å². The number of anilines is 1. The van der Waals surface area contributed by atoms with Crippen molar-refractivity contribution in [3.05, 3.63) is 71.5 Å². The van der Waals surface area contributed by atoms with Crippen molar-refractivity contribution in [2.45, 2.75) is 31.5 Å². The van der Waals surface area contributed by atoms with Crippen LogP contribution in [0.1, 0.15) is 29.3 Å². The predicted octanol–water partition coefficient (Wildman–Crippen LogP) is 2.88. The number of nitrogens with one attached hydrogen (secondary N) is 1. The molecule has 3 aromatic rings. The molecule has 0 aliphatic heterocycles. The van der Waals surface area contributed by atoms with Crippen molar-refractivity contribution in [1.82, 2.24) is 15.5 Å². The van der Waals surface area contributed by atoms with Crippen LogP contribution in [0.4, 0.5) is 6.01 Å². The van der Waals surface area contributed by atoms with E-state index in [1.165, 1.54) is 11.1 Å². The van der Waals surface area contributed by atoms with Crippen molar-refractivity contribution < 1.29 is 9.26 Å². The van der Waals surface area contributed by atoms with E-state index in [0.717, 1.165) is 12.2 Å². The zero-order valence-corrected chi connectivity index (χ0v) is 13.8. The molecule has 2 aromatic carbocycles. The molecule has 3 N–H and O–H groups in total. The molecule has 1 aliphatic carbocycles. The monoisotopic (exact) mass is 336 g/mol. The Morgan fingerprint density at radius 3 is 2.64 bits per heavy atom. The lowest BCUT2D eigenvalue weighted by atomic mass is 10.1. The number of benzene rings is 2. The van der Waals surface area contributed by atoms with Crippen LogP contribution in [0.2, 0.25) is 0 Å². The standard InChI is InChI=1S/C19H20N4O2/c20-19-22-18(23-25-19)11-21-17-10-16(17)14-6-8-15(9-7-14)24-12-13-4-2-1-3-5-13/h1-9,16-17,21H,10-12H2,(H2,20,22,23)/t16-,17+/m1/s1. The number of aromatic nitrogens is 2. The van der Waals surface area contributed by atoms with Gasteiger partial charge in [-0.15, -0.1) is 0 Å². The lowest BCUT2D eigenvalue weighted by Crippen LogP contribution is -2.18. The van der Waals surface area contributed by atoms with Crippen LogP contribution in [-0.4, -0.2) is 16.2 Å². The molecule has 0 unspecified atom stereocenters.